The number of fused-ring (bicyclic) bond motifs is 1. The van der Waals surface area contributed by atoms with Gasteiger partial charge in [0, 0.05) is 5.39 Å². The van der Waals surface area contributed by atoms with Crippen LogP contribution < -0.4 is 5.32 Å². The monoisotopic (exact) mass is 483 g/mol. The number of nitrogens with one attached hydrogen (secondary N) is 1. The lowest BCUT2D eigenvalue weighted by atomic mass is 10.2. The molecule has 4 aromatic rings. The van der Waals surface area contributed by atoms with Crippen LogP contribution in [0.5, 0.6) is 0 Å². The van der Waals surface area contributed by atoms with Crippen molar-refractivity contribution in [2.45, 2.75) is 26.6 Å². The van der Waals surface area contributed by atoms with Gasteiger partial charge in [-0.25, -0.2) is 4.68 Å². The molecule has 0 aliphatic heterocycles. The van der Waals surface area contributed by atoms with Gasteiger partial charge in [0.15, 0.2) is 5.78 Å². The second-order valence-electron chi connectivity index (χ2n) is 7.32. The van der Waals surface area contributed by atoms with E-state index < -0.39 is 13.4 Å². The number of hydrogen-bond acceptors (Lipinski definition) is 6. The summed E-state index contributed by atoms with van der Waals surface area (Å²) < 4.78 is 26.6. The van der Waals surface area contributed by atoms with Crippen molar-refractivity contribution >= 4 is 35.1 Å². The van der Waals surface area contributed by atoms with Gasteiger partial charge in [-0.1, -0.05) is 48.5 Å². The highest BCUT2D eigenvalue weighted by molar-refractivity contribution is 7.54. The highest BCUT2D eigenvalue weighted by atomic mass is 32.1. The Bertz CT molecular complexity index is 1280. The zero-order chi connectivity index (χ0) is 23.4. The van der Waals surface area contributed by atoms with Gasteiger partial charge in [0.05, 0.1) is 29.5 Å². The summed E-state index contributed by atoms with van der Waals surface area (Å²) in [7, 11) is -3.66. The first-order valence-electron chi connectivity index (χ1n) is 10.8. The van der Waals surface area contributed by atoms with E-state index in [0.29, 0.717) is 10.4 Å². The fourth-order valence-electron chi connectivity index (χ4n) is 3.63. The Kier molecular flexibility index (Phi) is 7.10. The van der Waals surface area contributed by atoms with Gasteiger partial charge < -0.3 is 14.4 Å². The molecule has 33 heavy (non-hydrogen) atoms. The molecule has 0 unspecified atom stereocenters. The van der Waals surface area contributed by atoms with Crippen LogP contribution >= 0.6 is 18.9 Å². The lowest BCUT2D eigenvalue weighted by molar-refractivity contribution is 0.0941. The predicted octanol–water partition coefficient (Wildman–Crippen LogP) is 6.09. The number of aromatic nitrogens is 2. The highest BCUT2D eigenvalue weighted by Gasteiger charge is 2.38. The summed E-state index contributed by atoms with van der Waals surface area (Å²) in [5, 5.41) is 8.45. The largest absolute Gasteiger partial charge is 0.357 e. The third kappa shape index (κ3) is 4.80. The van der Waals surface area contributed by atoms with E-state index in [1.165, 1.54) is 11.3 Å². The second kappa shape index (κ2) is 10.0. The van der Waals surface area contributed by atoms with Crippen molar-refractivity contribution < 1.29 is 18.4 Å². The lowest BCUT2D eigenvalue weighted by Gasteiger charge is -2.27. The Morgan fingerprint density at radius 3 is 2.27 bits per heavy atom. The van der Waals surface area contributed by atoms with Gasteiger partial charge in [-0.3, -0.25) is 9.36 Å². The maximum atomic E-state index is 13.6. The lowest BCUT2D eigenvalue weighted by Crippen LogP contribution is -2.29. The summed E-state index contributed by atoms with van der Waals surface area (Å²) in [5.41, 5.74) is 2.41. The maximum absolute atomic E-state index is 13.6. The number of carbonyl (C=O) groups is 1. The Morgan fingerprint density at radius 1 is 1.06 bits per heavy atom. The molecule has 9 heteroatoms. The molecule has 0 radical (unpaired) electrons. The van der Waals surface area contributed by atoms with Gasteiger partial charge in [-0.15, -0.1) is 11.3 Å². The molecule has 4 rings (SSSR count). The number of nitrogens with zero attached hydrogens (tertiary/aromatic N) is 2. The molecule has 2 aromatic heterocycles. The molecule has 0 spiro atoms. The fourth-order valence-corrected chi connectivity index (χ4v) is 6.62. The molecule has 1 atom stereocenters. The molecule has 2 heterocycles. The van der Waals surface area contributed by atoms with Crippen LogP contribution in [0, 0.1) is 6.92 Å². The molecule has 172 valence electrons. The molecule has 0 bridgehead atoms. The topological polar surface area (TPSA) is 82.4 Å². The number of rotatable bonds is 9. The summed E-state index contributed by atoms with van der Waals surface area (Å²) in [6.45, 7) is 5.82. The van der Waals surface area contributed by atoms with Crippen molar-refractivity contribution in [3.63, 3.8) is 0 Å². The van der Waals surface area contributed by atoms with Gasteiger partial charge in [0.1, 0.15) is 4.83 Å². The molecule has 0 fully saturated rings. The highest BCUT2D eigenvalue weighted by Crippen LogP contribution is 2.59. The fraction of sp³-hybridized carbons (Fsp3) is 0.250. The Balaban J connectivity index is 1.71. The van der Waals surface area contributed by atoms with Crippen LogP contribution in [0.4, 0.5) is 0 Å². The Hall–Kier alpha value is -2.77. The summed E-state index contributed by atoms with van der Waals surface area (Å²) in [4.78, 5) is 14.7. The number of benzene rings is 2. The van der Waals surface area contributed by atoms with Crippen LogP contribution in [0.2, 0.25) is 0 Å². The van der Waals surface area contributed by atoms with Gasteiger partial charge >= 0.3 is 7.60 Å². The maximum Gasteiger partial charge on any atom is 0.357 e. The minimum atomic E-state index is -3.66. The molecule has 2 aromatic carbocycles. The standard InChI is InChI=1S/C24H26N3O4PS/c1-4-30-32(29,31-5-2)23(18-12-8-6-9-13-18)25-22(28)21-16-20-17(3)26-27(24(20)33-21)19-14-10-7-11-15-19/h6-16,23H,4-5H2,1-3H3,(H,25,28)/t23-/m1/s1. The van der Waals surface area contributed by atoms with E-state index >= 15 is 0 Å². The molecule has 0 aliphatic carbocycles. The summed E-state index contributed by atoms with van der Waals surface area (Å²) in [6, 6.07) is 20.7. The Morgan fingerprint density at radius 2 is 1.67 bits per heavy atom. The van der Waals surface area contributed by atoms with Crippen LogP contribution in [0.1, 0.15) is 40.6 Å². The molecule has 0 aliphatic rings. The van der Waals surface area contributed by atoms with Gasteiger partial charge in [-0.2, -0.15) is 5.10 Å². The van der Waals surface area contributed by atoms with Gasteiger partial charge in [0.25, 0.3) is 5.91 Å². The molecule has 7 nitrogen and oxygen atoms in total. The van der Waals surface area contributed by atoms with Crippen LogP contribution in [0.3, 0.4) is 0 Å². The first-order chi connectivity index (χ1) is 16.0. The zero-order valence-corrected chi connectivity index (χ0v) is 20.4. The molecule has 0 saturated carbocycles. The second-order valence-corrected chi connectivity index (χ2v) is 10.5. The van der Waals surface area contributed by atoms with Crippen molar-refractivity contribution in [1.29, 1.82) is 0 Å². The number of amides is 1. The minimum Gasteiger partial charge on any atom is -0.334 e. The molecular formula is C24H26N3O4PS. The van der Waals surface area contributed by atoms with Crippen molar-refractivity contribution in [2.75, 3.05) is 13.2 Å². The number of hydrogen-bond donors (Lipinski definition) is 1. The van der Waals surface area contributed by atoms with Crippen molar-refractivity contribution in [3.05, 3.63) is 82.9 Å². The third-order valence-corrected chi connectivity index (χ3v) is 8.49. The van der Waals surface area contributed by atoms with Crippen LogP contribution in [0.15, 0.2) is 66.7 Å². The van der Waals surface area contributed by atoms with Crippen LogP contribution in [-0.4, -0.2) is 28.9 Å². The SMILES string of the molecule is CCOP(=O)(OCC)[C@@H](NC(=O)c1cc2c(C)nn(-c3ccccc3)c2s1)c1ccccc1. The average molecular weight is 484 g/mol. The minimum absolute atomic E-state index is 0.200. The third-order valence-electron chi connectivity index (χ3n) is 5.09. The van der Waals surface area contributed by atoms with Crippen LogP contribution in [0.25, 0.3) is 15.9 Å². The number of thiophene rings is 1. The van der Waals surface area contributed by atoms with E-state index in [2.05, 4.69) is 10.4 Å². The molecular weight excluding hydrogens is 457 g/mol. The number of carbonyl (C=O) groups excluding carboxylic acids is 1. The quantitative estimate of drug-likeness (QED) is 0.291. The van der Waals surface area contributed by atoms with E-state index in [1.54, 1.807) is 26.0 Å². The smallest absolute Gasteiger partial charge is 0.334 e. The van der Waals surface area contributed by atoms with E-state index in [-0.39, 0.29) is 19.1 Å². The van der Waals surface area contributed by atoms with Gasteiger partial charge in [0.2, 0.25) is 0 Å². The molecule has 1 amide bonds. The number of para-hydroxylation sites is 1. The van der Waals surface area contributed by atoms with E-state index in [4.69, 9.17) is 9.05 Å². The van der Waals surface area contributed by atoms with Crippen LogP contribution in [-0.2, 0) is 13.6 Å². The van der Waals surface area contributed by atoms with E-state index in [9.17, 15) is 9.36 Å². The summed E-state index contributed by atoms with van der Waals surface area (Å²) in [5.74, 6) is -1.27. The first-order valence-corrected chi connectivity index (χ1v) is 13.2. The van der Waals surface area contributed by atoms with Crippen molar-refractivity contribution in [3.8, 4) is 5.69 Å². The van der Waals surface area contributed by atoms with Gasteiger partial charge in [-0.05, 0) is 44.5 Å². The Labute approximate surface area is 196 Å². The van der Waals surface area contributed by atoms with Crippen molar-refractivity contribution in [2.24, 2.45) is 0 Å². The average Bonchev–Trinajstić information content (AvgIpc) is 3.39. The zero-order valence-electron chi connectivity index (χ0n) is 18.7. The summed E-state index contributed by atoms with van der Waals surface area (Å²) >= 11 is 1.34. The number of aryl methyl sites for hydroxylation is 1. The predicted molar refractivity (Wildman–Crippen MR) is 131 cm³/mol. The normalized spacial score (nSPS) is 12.7. The van der Waals surface area contributed by atoms with Crippen molar-refractivity contribution in [1.82, 2.24) is 15.1 Å². The molecule has 0 saturated heterocycles. The molecule has 1 N–H and O–H groups in total. The van der Waals surface area contributed by atoms with E-state index in [0.717, 1.165) is 21.6 Å². The van der Waals surface area contributed by atoms with E-state index in [1.807, 2.05) is 66.2 Å². The first kappa shape index (κ1) is 23.4. The summed E-state index contributed by atoms with van der Waals surface area (Å²) in [6.07, 6.45) is 0.